The Kier molecular flexibility index (Phi) is 3.97. The third kappa shape index (κ3) is 2.39. The highest BCUT2D eigenvalue weighted by Gasteiger charge is 2.64. The molecule has 0 unspecified atom stereocenters. The standard InChI is InChI=1S/C22H32FIO/c23-18-15-21(24)11-13-22(18,14-12-21)20-8-5-19(6-9-20,7-10-20)16-1-3-17(25)4-2-16/h15-17,25H,1-14H2. The summed E-state index contributed by atoms with van der Waals surface area (Å²) in [7, 11) is 0. The van der Waals surface area contributed by atoms with Crippen LogP contribution >= 0.6 is 22.6 Å². The minimum atomic E-state index is -0.102. The molecule has 0 amide bonds. The van der Waals surface area contributed by atoms with E-state index in [9.17, 15) is 5.11 Å². The highest BCUT2D eigenvalue weighted by Crippen LogP contribution is 2.73. The molecule has 7 aliphatic rings. The van der Waals surface area contributed by atoms with Gasteiger partial charge in [0.2, 0.25) is 0 Å². The lowest BCUT2D eigenvalue weighted by Gasteiger charge is -2.66. The number of rotatable bonds is 2. The molecule has 0 aromatic rings. The summed E-state index contributed by atoms with van der Waals surface area (Å²) in [4.78, 5) is 0. The Morgan fingerprint density at radius 1 is 0.840 bits per heavy atom. The van der Waals surface area contributed by atoms with E-state index in [4.69, 9.17) is 0 Å². The minimum Gasteiger partial charge on any atom is -0.393 e. The van der Waals surface area contributed by atoms with Crippen LogP contribution in [0.5, 0.6) is 0 Å². The first-order valence-corrected chi connectivity index (χ1v) is 11.7. The molecule has 0 radical (unpaired) electrons. The van der Waals surface area contributed by atoms with Gasteiger partial charge in [-0.3, -0.25) is 0 Å². The predicted molar refractivity (Wildman–Crippen MR) is 107 cm³/mol. The van der Waals surface area contributed by atoms with Crippen LogP contribution in [0.2, 0.25) is 0 Å². The number of fused-ring (bicyclic) bond motifs is 5. The molecule has 0 aromatic heterocycles. The molecule has 0 aliphatic heterocycles. The van der Waals surface area contributed by atoms with Gasteiger partial charge >= 0.3 is 0 Å². The highest BCUT2D eigenvalue weighted by atomic mass is 127. The molecule has 1 N–H and O–H groups in total. The zero-order valence-corrected chi connectivity index (χ0v) is 17.5. The van der Waals surface area contributed by atoms with E-state index in [0.717, 1.165) is 31.6 Å². The molecule has 4 bridgehead atoms. The Hall–Kier alpha value is 0.360. The van der Waals surface area contributed by atoms with Crippen LogP contribution in [0.4, 0.5) is 4.39 Å². The van der Waals surface area contributed by atoms with Crippen molar-refractivity contribution in [3.05, 3.63) is 11.9 Å². The number of hydrogen-bond acceptors (Lipinski definition) is 1. The van der Waals surface area contributed by atoms with Gasteiger partial charge in [0.05, 0.1) is 6.10 Å². The van der Waals surface area contributed by atoms with Crippen molar-refractivity contribution in [1.82, 2.24) is 0 Å². The Morgan fingerprint density at radius 3 is 1.92 bits per heavy atom. The number of aliphatic hydroxyl groups is 1. The van der Waals surface area contributed by atoms with Crippen molar-refractivity contribution in [3.63, 3.8) is 0 Å². The quantitative estimate of drug-likeness (QED) is 0.371. The van der Waals surface area contributed by atoms with Gasteiger partial charge in [-0.05, 0) is 113 Å². The maximum atomic E-state index is 15.3. The van der Waals surface area contributed by atoms with E-state index in [-0.39, 0.29) is 26.2 Å². The summed E-state index contributed by atoms with van der Waals surface area (Å²) in [5.41, 5.74) is 0.701. The third-order valence-electron chi connectivity index (χ3n) is 9.66. The van der Waals surface area contributed by atoms with Gasteiger partial charge in [0.1, 0.15) is 5.83 Å². The molecule has 0 aromatic carbocycles. The van der Waals surface area contributed by atoms with Crippen LogP contribution in [0, 0.1) is 22.2 Å². The maximum absolute atomic E-state index is 15.3. The lowest BCUT2D eigenvalue weighted by molar-refractivity contribution is -0.135. The summed E-state index contributed by atoms with van der Waals surface area (Å²) in [6.07, 6.45) is 18.8. The van der Waals surface area contributed by atoms with Gasteiger partial charge in [0.25, 0.3) is 0 Å². The zero-order valence-electron chi connectivity index (χ0n) is 15.3. The van der Waals surface area contributed by atoms with E-state index in [1.807, 2.05) is 6.08 Å². The molecule has 140 valence electrons. The first kappa shape index (κ1) is 17.5. The molecule has 1 nitrogen and oxygen atoms in total. The van der Waals surface area contributed by atoms with Crippen LogP contribution in [-0.4, -0.2) is 14.6 Å². The van der Waals surface area contributed by atoms with E-state index in [2.05, 4.69) is 22.6 Å². The van der Waals surface area contributed by atoms with Crippen molar-refractivity contribution in [2.75, 3.05) is 0 Å². The zero-order chi connectivity index (χ0) is 17.3. The Balaban J connectivity index is 1.38. The van der Waals surface area contributed by atoms with Gasteiger partial charge in [0, 0.05) is 8.84 Å². The first-order chi connectivity index (χ1) is 11.9. The number of aliphatic hydroxyl groups excluding tert-OH is 1. The maximum Gasteiger partial charge on any atom is 0.104 e. The van der Waals surface area contributed by atoms with Gasteiger partial charge in [-0.2, -0.15) is 0 Å². The largest absolute Gasteiger partial charge is 0.393 e. The Bertz CT molecular complexity index is 556. The molecule has 7 rings (SSSR count). The van der Waals surface area contributed by atoms with Crippen molar-refractivity contribution in [1.29, 1.82) is 0 Å². The van der Waals surface area contributed by atoms with Crippen LogP contribution in [0.3, 0.4) is 0 Å². The van der Waals surface area contributed by atoms with Gasteiger partial charge < -0.3 is 5.11 Å². The number of hydrogen-bond donors (Lipinski definition) is 1. The SMILES string of the molecule is OC1CCC(C23CCC(C45CCC(I)(C=C4F)CC5)(CC2)CC3)CC1. The van der Waals surface area contributed by atoms with Gasteiger partial charge in [-0.1, -0.05) is 22.6 Å². The number of alkyl halides is 1. The van der Waals surface area contributed by atoms with Crippen molar-refractivity contribution >= 4 is 22.6 Å². The van der Waals surface area contributed by atoms with E-state index >= 15 is 4.39 Å². The molecule has 25 heavy (non-hydrogen) atoms. The van der Waals surface area contributed by atoms with Gasteiger partial charge in [-0.25, -0.2) is 4.39 Å². The average Bonchev–Trinajstić information content (AvgIpc) is 2.64. The molecule has 0 heterocycles. The molecular formula is C22H32FIO. The molecule has 0 spiro atoms. The summed E-state index contributed by atoms with van der Waals surface area (Å²) in [5, 5.41) is 9.87. The highest BCUT2D eigenvalue weighted by molar-refractivity contribution is 14.1. The normalized spacial score (nSPS) is 55.2. The second-order valence-electron chi connectivity index (χ2n) is 10.3. The first-order valence-electron chi connectivity index (χ1n) is 10.7. The molecule has 5 fully saturated rings. The molecular weight excluding hydrogens is 426 g/mol. The van der Waals surface area contributed by atoms with Crippen molar-refractivity contribution in [3.8, 4) is 0 Å². The van der Waals surface area contributed by atoms with Crippen LogP contribution < -0.4 is 0 Å². The fraction of sp³-hybridized carbons (Fsp3) is 0.909. The second kappa shape index (κ2) is 5.68. The number of halogens is 2. The molecule has 0 atom stereocenters. The topological polar surface area (TPSA) is 20.2 Å². The second-order valence-corrected chi connectivity index (χ2v) is 12.4. The summed E-state index contributed by atoms with van der Waals surface area (Å²) in [6, 6.07) is 0. The predicted octanol–water partition coefficient (Wildman–Crippen LogP) is 6.48. The average molecular weight is 458 g/mol. The lowest BCUT2D eigenvalue weighted by Crippen LogP contribution is -2.57. The van der Waals surface area contributed by atoms with Crippen molar-refractivity contribution in [2.45, 2.75) is 99.4 Å². The van der Waals surface area contributed by atoms with E-state index in [1.165, 1.54) is 64.2 Å². The summed E-state index contributed by atoms with van der Waals surface area (Å²) in [5.74, 6) is 1.10. The van der Waals surface area contributed by atoms with E-state index in [1.54, 1.807) is 0 Å². The molecule has 3 heteroatoms. The fourth-order valence-corrected chi connectivity index (χ4v) is 8.67. The molecule has 5 saturated carbocycles. The van der Waals surface area contributed by atoms with Crippen LogP contribution in [-0.2, 0) is 0 Å². The monoisotopic (exact) mass is 458 g/mol. The van der Waals surface area contributed by atoms with E-state index < -0.39 is 0 Å². The van der Waals surface area contributed by atoms with Crippen molar-refractivity contribution in [2.24, 2.45) is 22.2 Å². The van der Waals surface area contributed by atoms with Crippen LogP contribution in [0.15, 0.2) is 11.9 Å². The summed E-state index contributed by atoms with van der Waals surface area (Å²) >= 11 is 2.51. The summed E-state index contributed by atoms with van der Waals surface area (Å²) < 4.78 is 15.5. The van der Waals surface area contributed by atoms with Gasteiger partial charge in [0.15, 0.2) is 0 Å². The van der Waals surface area contributed by atoms with E-state index in [0.29, 0.717) is 5.41 Å². The lowest BCUT2D eigenvalue weighted by atomic mass is 9.39. The molecule has 7 aliphatic carbocycles. The Labute approximate surface area is 165 Å². The summed E-state index contributed by atoms with van der Waals surface area (Å²) in [6.45, 7) is 0. The third-order valence-corrected chi connectivity index (χ3v) is 11.0. The number of allylic oxidation sites excluding steroid dienone is 2. The van der Waals surface area contributed by atoms with Crippen LogP contribution in [0.1, 0.15) is 89.9 Å². The molecule has 0 saturated heterocycles. The Morgan fingerprint density at radius 2 is 1.40 bits per heavy atom. The minimum absolute atomic E-state index is 0.0462. The smallest absolute Gasteiger partial charge is 0.104 e. The fourth-order valence-electron chi connectivity index (χ4n) is 7.86. The van der Waals surface area contributed by atoms with Crippen LogP contribution in [0.25, 0.3) is 0 Å². The van der Waals surface area contributed by atoms with Gasteiger partial charge in [-0.15, -0.1) is 0 Å². The van der Waals surface area contributed by atoms with Crippen molar-refractivity contribution < 1.29 is 9.50 Å².